The number of nitrogens with two attached hydrogens (primary N) is 1. The number of fused-ring (bicyclic) bond motifs is 1. The van der Waals surface area contributed by atoms with E-state index in [-0.39, 0.29) is 5.02 Å². The molecule has 0 atom stereocenters. The molecule has 2 aromatic heterocycles. The Hall–Kier alpha value is -3.19. The van der Waals surface area contributed by atoms with Gasteiger partial charge in [-0.1, -0.05) is 41.9 Å². The van der Waals surface area contributed by atoms with Crippen LogP contribution in [0.5, 0.6) is 0 Å². The number of anilines is 2. The molecule has 0 radical (unpaired) electrons. The summed E-state index contributed by atoms with van der Waals surface area (Å²) in [4.78, 5) is 9.05. The molecule has 27 heavy (non-hydrogen) atoms. The van der Waals surface area contributed by atoms with Crippen LogP contribution in [0.15, 0.2) is 48.5 Å². The largest absolute Gasteiger partial charge is 0.383 e. The van der Waals surface area contributed by atoms with Crippen molar-refractivity contribution in [2.75, 3.05) is 11.1 Å². The van der Waals surface area contributed by atoms with Gasteiger partial charge in [-0.3, -0.25) is 4.68 Å². The quantitative estimate of drug-likeness (QED) is 0.557. The van der Waals surface area contributed by atoms with E-state index in [1.54, 1.807) is 13.1 Å². The van der Waals surface area contributed by atoms with E-state index in [1.165, 1.54) is 16.8 Å². The second-order valence-corrected chi connectivity index (χ2v) is 6.48. The van der Waals surface area contributed by atoms with E-state index in [4.69, 9.17) is 17.3 Å². The summed E-state index contributed by atoms with van der Waals surface area (Å²) in [5.74, 6) is 0.335. The summed E-state index contributed by atoms with van der Waals surface area (Å²) in [6.07, 6.45) is 0. The predicted molar refractivity (Wildman–Crippen MR) is 105 cm³/mol. The Labute approximate surface area is 159 Å². The van der Waals surface area contributed by atoms with Crippen molar-refractivity contribution in [3.8, 4) is 11.3 Å². The maximum Gasteiger partial charge on any atom is 0.225 e. The number of nitrogen functional groups attached to an aromatic ring is 1. The number of aromatic nitrogens is 4. The molecular weight excluding hydrogens is 367 g/mol. The highest BCUT2D eigenvalue weighted by molar-refractivity contribution is 6.31. The highest BCUT2D eigenvalue weighted by Crippen LogP contribution is 2.32. The first-order chi connectivity index (χ1) is 13.0. The van der Waals surface area contributed by atoms with Crippen LogP contribution in [0, 0.1) is 5.82 Å². The first-order valence-corrected chi connectivity index (χ1v) is 8.64. The standard InChI is InChI=1S/C19H16ClFN6/c1-27-17(22)15-16(12-7-8-14(21)13(20)9-12)24-19(25-18(15)26-27)23-10-11-5-3-2-4-6-11/h2-9H,10,22H2,1H3,(H,23,25,26). The van der Waals surface area contributed by atoms with Crippen molar-refractivity contribution in [2.24, 2.45) is 7.05 Å². The maximum atomic E-state index is 13.6. The minimum absolute atomic E-state index is 0.0144. The molecule has 0 aliphatic heterocycles. The summed E-state index contributed by atoms with van der Waals surface area (Å²) < 4.78 is 15.1. The number of rotatable bonds is 4. The average Bonchev–Trinajstić information content (AvgIpc) is 2.96. The van der Waals surface area contributed by atoms with Crippen LogP contribution in [0.25, 0.3) is 22.3 Å². The van der Waals surface area contributed by atoms with Crippen LogP contribution >= 0.6 is 11.6 Å². The minimum atomic E-state index is -0.493. The summed E-state index contributed by atoms with van der Waals surface area (Å²) in [6.45, 7) is 0.554. The van der Waals surface area contributed by atoms with E-state index in [1.807, 2.05) is 30.3 Å². The fraction of sp³-hybridized carbons (Fsp3) is 0.105. The van der Waals surface area contributed by atoms with Crippen molar-refractivity contribution in [1.29, 1.82) is 0 Å². The molecule has 0 unspecified atom stereocenters. The van der Waals surface area contributed by atoms with Crippen LogP contribution in [0.4, 0.5) is 16.2 Å². The van der Waals surface area contributed by atoms with Gasteiger partial charge < -0.3 is 11.1 Å². The third kappa shape index (κ3) is 3.29. The van der Waals surface area contributed by atoms with Gasteiger partial charge in [-0.2, -0.15) is 10.1 Å². The predicted octanol–water partition coefficient (Wildman–Crippen LogP) is 4.02. The highest BCUT2D eigenvalue weighted by atomic mass is 35.5. The van der Waals surface area contributed by atoms with E-state index in [0.29, 0.717) is 40.6 Å². The van der Waals surface area contributed by atoms with Crippen molar-refractivity contribution in [2.45, 2.75) is 6.54 Å². The normalized spacial score (nSPS) is 11.1. The van der Waals surface area contributed by atoms with Crippen LogP contribution < -0.4 is 11.1 Å². The van der Waals surface area contributed by atoms with Gasteiger partial charge in [-0.25, -0.2) is 9.37 Å². The molecule has 0 amide bonds. The molecule has 3 N–H and O–H groups in total. The zero-order chi connectivity index (χ0) is 19.0. The van der Waals surface area contributed by atoms with Crippen LogP contribution in [0.1, 0.15) is 5.56 Å². The van der Waals surface area contributed by atoms with Crippen molar-refractivity contribution < 1.29 is 4.39 Å². The molecule has 136 valence electrons. The number of hydrogen-bond donors (Lipinski definition) is 2. The molecule has 2 aromatic carbocycles. The summed E-state index contributed by atoms with van der Waals surface area (Å²) in [7, 11) is 1.73. The van der Waals surface area contributed by atoms with Gasteiger partial charge in [-0.05, 0) is 23.8 Å². The molecule has 0 spiro atoms. The third-order valence-electron chi connectivity index (χ3n) is 4.23. The number of hydrogen-bond acceptors (Lipinski definition) is 5. The Morgan fingerprint density at radius 3 is 2.67 bits per heavy atom. The van der Waals surface area contributed by atoms with Gasteiger partial charge >= 0.3 is 0 Å². The zero-order valence-corrected chi connectivity index (χ0v) is 15.2. The molecule has 2 heterocycles. The number of nitrogens with zero attached hydrogens (tertiary/aromatic N) is 4. The average molecular weight is 383 g/mol. The van der Waals surface area contributed by atoms with E-state index in [0.717, 1.165) is 5.56 Å². The monoisotopic (exact) mass is 382 g/mol. The van der Waals surface area contributed by atoms with E-state index < -0.39 is 5.82 Å². The topological polar surface area (TPSA) is 81.7 Å². The number of halogens is 2. The van der Waals surface area contributed by atoms with Crippen molar-refractivity contribution in [3.63, 3.8) is 0 Å². The van der Waals surface area contributed by atoms with Gasteiger partial charge in [0.05, 0.1) is 16.1 Å². The number of benzene rings is 2. The Balaban J connectivity index is 1.81. The molecule has 4 aromatic rings. The molecule has 0 aliphatic rings. The smallest absolute Gasteiger partial charge is 0.225 e. The number of nitrogens with one attached hydrogen (secondary N) is 1. The fourth-order valence-electron chi connectivity index (χ4n) is 2.82. The molecule has 0 saturated heterocycles. The molecule has 0 aliphatic carbocycles. The Kier molecular flexibility index (Phi) is 4.37. The SMILES string of the molecule is Cn1nc2nc(NCc3ccccc3)nc(-c3ccc(F)c(Cl)c3)c2c1N. The molecule has 8 heteroatoms. The van der Waals surface area contributed by atoms with Gasteiger partial charge in [0.25, 0.3) is 0 Å². The van der Waals surface area contributed by atoms with Gasteiger partial charge in [0, 0.05) is 19.2 Å². The van der Waals surface area contributed by atoms with Crippen molar-refractivity contribution >= 4 is 34.4 Å². The molecule has 0 saturated carbocycles. The van der Waals surface area contributed by atoms with Crippen LogP contribution in [0.2, 0.25) is 5.02 Å². The van der Waals surface area contributed by atoms with Crippen LogP contribution in [-0.2, 0) is 13.6 Å². The Bertz CT molecular complexity index is 1130. The molecular formula is C19H16ClFN6. The van der Waals surface area contributed by atoms with Crippen LogP contribution in [-0.4, -0.2) is 19.7 Å². The lowest BCUT2D eigenvalue weighted by Crippen LogP contribution is -2.05. The lowest BCUT2D eigenvalue weighted by atomic mass is 10.1. The molecule has 0 fully saturated rings. The van der Waals surface area contributed by atoms with Gasteiger partial charge in [0.1, 0.15) is 11.6 Å². The van der Waals surface area contributed by atoms with E-state index in [9.17, 15) is 4.39 Å². The minimum Gasteiger partial charge on any atom is -0.383 e. The summed E-state index contributed by atoms with van der Waals surface area (Å²) in [5.41, 5.74) is 8.88. The Morgan fingerprint density at radius 1 is 1.15 bits per heavy atom. The summed E-state index contributed by atoms with van der Waals surface area (Å²) in [5, 5.41) is 8.16. The third-order valence-corrected chi connectivity index (χ3v) is 4.52. The first-order valence-electron chi connectivity index (χ1n) is 8.26. The fourth-order valence-corrected chi connectivity index (χ4v) is 3.00. The lowest BCUT2D eigenvalue weighted by molar-refractivity contribution is 0.628. The van der Waals surface area contributed by atoms with Gasteiger partial charge in [0.2, 0.25) is 5.95 Å². The van der Waals surface area contributed by atoms with E-state index >= 15 is 0 Å². The lowest BCUT2D eigenvalue weighted by Gasteiger charge is -2.09. The first kappa shape index (κ1) is 17.2. The van der Waals surface area contributed by atoms with Crippen LogP contribution in [0.3, 0.4) is 0 Å². The second kappa shape index (κ2) is 6.85. The highest BCUT2D eigenvalue weighted by Gasteiger charge is 2.18. The summed E-state index contributed by atoms with van der Waals surface area (Å²) >= 11 is 5.95. The second-order valence-electron chi connectivity index (χ2n) is 6.07. The Morgan fingerprint density at radius 2 is 1.93 bits per heavy atom. The van der Waals surface area contributed by atoms with Gasteiger partial charge in [0.15, 0.2) is 5.65 Å². The zero-order valence-electron chi connectivity index (χ0n) is 14.4. The maximum absolute atomic E-state index is 13.6. The van der Waals surface area contributed by atoms with Gasteiger partial charge in [-0.15, -0.1) is 0 Å². The van der Waals surface area contributed by atoms with Crippen molar-refractivity contribution in [1.82, 2.24) is 19.7 Å². The molecule has 0 bridgehead atoms. The van der Waals surface area contributed by atoms with Crippen molar-refractivity contribution in [3.05, 3.63) is 64.9 Å². The number of aryl methyl sites for hydroxylation is 1. The van der Waals surface area contributed by atoms with E-state index in [2.05, 4.69) is 20.4 Å². The molecule has 6 nitrogen and oxygen atoms in total. The summed E-state index contributed by atoms with van der Waals surface area (Å²) in [6, 6.07) is 14.3. The molecule has 4 rings (SSSR count).